The summed E-state index contributed by atoms with van der Waals surface area (Å²) in [4.78, 5) is 26.5. The highest BCUT2D eigenvalue weighted by Gasteiger charge is 2.23. The van der Waals surface area contributed by atoms with Crippen molar-refractivity contribution in [1.82, 2.24) is 4.90 Å². The zero-order chi connectivity index (χ0) is 21.3. The largest absolute Gasteiger partial charge is 0.369 e. The number of rotatable bonds is 9. The van der Waals surface area contributed by atoms with Crippen molar-refractivity contribution < 1.29 is 9.59 Å². The molecule has 3 rings (SSSR count). The lowest BCUT2D eigenvalue weighted by Crippen LogP contribution is -2.39. The number of amides is 2. The minimum atomic E-state index is -0.166. The van der Waals surface area contributed by atoms with E-state index in [0.29, 0.717) is 0 Å². The quantitative estimate of drug-likeness (QED) is 0.661. The van der Waals surface area contributed by atoms with Crippen LogP contribution in [0.25, 0.3) is 0 Å². The first-order chi connectivity index (χ1) is 14.6. The molecule has 2 amide bonds. The van der Waals surface area contributed by atoms with Gasteiger partial charge in [-0.1, -0.05) is 55.8 Å². The number of benzene rings is 2. The minimum Gasteiger partial charge on any atom is -0.369 e. The van der Waals surface area contributed by atoms with Crippen molar-refractivity contribution in [1.29, 1.82) is 0 Å². The van der Waals surface area contributed by atoms with Crippen LogP contribution in [-0.4, -0.2) is 36.3 Å². The van der Waals surface area contributed by atoms with Gasteiger partial charge in [-0.25, -0.2) is 0 Å². The predicted molar refractivity (Wildman–Crippen MR) is 121 cm³/mol. The molecule has 3 N–H and O–H groups in total. The summed E-state index contributed by atoms with van der Waals surface area (Å²) in [5, 5.41) is 3.08. The first-order valence-electron chi connectivity index (χ1n) is 11.0. The zero-order valence-corrected chi connectivity index (χ0v) is 17.8. The molecule has 30 heavy (non-hydrogen) atoms. The third kappa shape index (κ3) is 6.17. The number of likely N-dealkylation sites (tertiary alicyclic amines) is 1. The van der Waals surface area contributed by atoms with Gasteiger partial charge in [-0.2, -0.15) is 0 Å². The van der Waals surface area contributed by atoms with Crippen LogP contribution in [0.5, 0.6) is 0 Å². The van der Waals surface area contributed by atoms with Crippen molar-refractivity contribution in [2.75, 3.05) is 25.0 Å². The van der Waals surface area contributed by atoms with Gasteiger partial charge in [0.15, 0.2) is 0 Å². The summed E-state index contributed by atoms with van der Waals surface area (Å²) in [7, 11) is 0. The van der Waals surface area contributed by atoms with Crippen LogP contribution in [-0.2, 0) is 16.0 Å². The molecular weight excluding hydrogens is 374 g/mol. The van der Waals surface area contributed by atoms with Gasteiger partial charge in [0.2, 0.25) is 11.8 Å². The van der Waals surface area contributed by atoms with E-state index in [4.69, 9.17) is 5.73 Å². The van der Waals surface area contributed by atoms with Crippen LogP contribution >= 0.6 is 0 Å². The predicted octanol–water partition coefficient (Wildman–Crippen LogP) is 3.95. The lowest BCUT2D eigenvalue weighted by molar-refractivity contribution is -0.123. The molecule has 1 saturated heterocycles. The van der Waals surface area contributed by atoms with Crippen molar-refractivity contribution >= 4 is 17.5 Å². The molecule has 1 atom stereocenters. The summed E-state index contributed by atoms with van der Waals surface area (Å²) < 4.78 is 0. The number of hydrogen-bond donors (Lipinski definition) is 2. The topological polar surface area (TPSA) is 75.4 Å². The molecule has 2 aromatic rings. The molecule has 160 valence electrons. The highest BCUT2D eigenvalue weighted by Crippen LogP contribution is 2.23. The second kappa shape index (κ2) is 10.9. The molecule has 5 heteroatoms. The Balaban J connectivity index is 1.50. The smallest absolute Gasteiger partial charge is 0.231 e. The van der Waals surface area contributed by atoms with Crippen molar-refractivity contribution in [3.8, 4) is 0 Å². The fraction of sp³-hybridized carbons (Fsp3) is 0.440. The van der Waals surface area contributed by atoms with Gasteiger partial charge in [-0.15, -0.1) is 0 Å². The average molecular weight is 408 g/mol. The number of nitrogens with one attached hydrogen (secondary N) is 1. The second-order valence-corrected chi connectivity index (χ2v) is 8.21. The number of carbonyl (C=O) groups excluding carboxylic acids is 2. The van der Waals surface area contributed by atoms with Gasteiger partial charge in [0.05, 0.1) is 5.92 Å². The lowest BCUT2D eigenvalue weighted by Gasteiger charge is -2.30. The summed E-state index contributed by atoms with van der Waals surface area (Å²) in [5.74, 6) is -0.204. The van der Waals surface area contributed by atoms with E-state index in [1.807, 2.05) is 42.5 Å². The molecule has 1 unspecified atom stereocenters. The Kier molecular flexibility index (Phi) is 8.03. The number of carbonyl (C=O) groups is 2. The Morgan fingerprint density at radius 1 is 1.07 bits per heavy atom. The maximum atomic E-state index is 12.8. The molecule has 5 nitrogen and oxygen atoms in total. The monoisotopic (exact) mass is 407 g/mol. The van der Waals surface area contributed by atoms with Crippen molar-refractivity contribution in [2.24, 2.45) is 11.7 Å². The van der Waals surface area contributed by atoms with E-state index in [0.717, 1.165) is 63.0 Å². The molecule has 1 aliphatic heterocycles. The number of nitrogens with zero attached hydrogens (tertiary/aromatic N) is 1. The van der Waals surface area contributed by atoms with Crippen molar-refractivity contribution in [2.45, 2.75) is 44.9 Å². The Bertz CT molecular complexity index is 812. The summed E-state index contributed by atoms with van der Waals surface area (Å²) >= 11 is 0. The molecule has 0 radical (unpaired) electrons. The molecule has 0 spiro atoms. The molecule has 0 aromatic heterocycles. The van der Waals surface area contributed by atoms with Gasteiger partial charge in [0, 0.05) is 18.2 Å². The van der Waals surface area contributed by atoms with E-state index >= 15 is 0 Å². The Morgan fingerprint density at radius 2 is 1.73 bits per heavy atom. The molecule has 1 fully saturated rings. The first-order valence-corrected chi connectivity index (χ1v) is 11.0. The standard InChI is InChI=1S/C25H33N3O2/c1-2-6-23(20-7-4-3-5-8-20)25(30)27-22-11-9-19(10-12-22)13-16-28-17-14-21(15-18-28)24(26)29/h3-5,7-12,21,23H,2,6,13-18H2,1H3,(H2,26,29)(H,27,30). The van der Waals surface area contributed by atoms with E-state index in [1.165, 1.54) is 5.56 Å². The van der Waals surface area contributed by atoms with Gasteiger partial charge >= 0.3 is 0 Å². The first kappa shape index (κ1) is 22.0. The van der Waals surface area contributed by atoms with Crippen LogP contribution in [0.1, 0.15) is 49.7 Å². The number of anilines is 1. The number of primary amides is 1. The third-order valence-corrected chi connectivity index (χ3v) is 6.02. The van der Waals surface area contributed by atoms with Gasteiger partial charge in [0.1, 0.15) is 0 Å². The normalized spacial score (nSPS) is 16.2. The fourth-order valence-electron chi connectivity index (χ4n) is 4.14. The Morgan fingerprint density at radius 3 is 2.33 bits per heavy atom. The second-order valence-electron chi connectivity index (χ2n) is 8.21. The van der Waals surface area contributed by atoms with E-state index in [1.54, 1.807) is 0 Å². The molecule has 0 bridgehead atoms. The highest BCUT2D eigenvalue weighted by atomic mass is 16.2. The summed E-state index contributed by atoms with van der Waals surface area (Å²) in [6, 6.07) is 18.1. The minimum absolute atomic E-state index is 0.0385. The Hall–Kier alpha value is -2.66. The third-order valence-electron chi connectivity index (χ3n) is 6.02. The molecule has 2 aromatic carbocycles. The van der Waals surface area contributed by atoms with E-state index in [9.17, 15) is 9.59 Å². The van der Waals surface area contributed by atoms with E-state index < -0.39 is 0 Å². The van der Waals surface area contributed by atoms with E-state index in [-0.39, 0.29) is 23.7 Å². The maximum Gasteiger partial charge on any atom is 0.231 e. The van der Waals surface area contributed by atoms with Crippen LogP contribution in [0.2, 0.25) is 0 Å². The van der Waals surface area contributed by atoms with Gasteiger partial charge < -0.3 is 16.0 Å². The number of piperidine rings is 1. The average Bonchev–Trinajstić information content (AvgIpc) is 2.77. The van der Waals surface area contributed by atoms with Gasteiger partial charge in [0.25, 0.3) is 0 Å². The number of hydrogen-bond acceptors (Lipinski definition) is 3. The summed E-state index contributed by atoms with van der Waals surface area (Å²) in [5.41, 5.74) is 8.56. The lowest BCUT2D eigenvalue weighted by atomic mass is 9.93. The van der Waals surface area contributed by atoms with Crippen molar-refractivity contribution in [3.05, 3.63) is 65.7 Å². The molecule has 0 aliphatic carbocycles. The van der Waals surface area contributed by atoms with Crippen molar-refractivity contribution in [3.63, 3.8) is 0 Å². The van der Waals surface area contributed by atoms with Crippen LogP contribution in [0, 0.1) is 5.92 Å². The zero-order valence-electron chi connectivity index (χ0n) is 17.8. The fourth-order valence-corrected chi connectivity index (χ4v) is 4.14. The SMILES string of the molecule is CCCC(C(=O)Nc1ccc(CCN2CCC(C(N)=O)CC2)cc1)c1ccccc1. The Labute approximate surface area is 179 Å². The van der Waals surface area contributed by atoms with Crippen LogP contribution < -0.4 is 11.1 Å². The molecular formula is C25H33N3O2. The molecule has 0 saturated carbocycles. The summed E-state index contributed by atoms with van der Waals surface area (Å²) in [6.45, 7) is 4.94. The van der Waals surface area contributed by atoms with Gasteiger partial charge in [-0.05, 0) is 62.0 Å². The number of nitrogens with two attached hydrogens (primary N) is 1. The highest BCUT2D eigenvalue weighted by molar-refractivity contribution is 5.95. The van der Waals surface area contributed by atoms with Crippen LogP contribution in [0.3, 0.4) is 0 Å². The van der Waals surface area contributed by atoms with E-state index in [2.05, 4.69) is 29.3 Å². The maximum absolute atomic E-state index is 12.8. The van der Waals surface area contributed by atoms with Gasteiger partial charge in [-0.3, -0.25) is 9.59 Å². The molecule has 1 heterocycles. The summed E-state index contributed by atoms with van der Waals surface area (Å²) in [6.07, 6.45) is 4.47. The van der Waals surface area contributed by atoms with Crippen LogP contribution in [0.4, 0.5) is 5.69 Å². The van der Waals surface area contributed by atoms with Crippen LogP contribution in [0.15, 0.2) is 54.6 Å². The molecule has 1 aliphatic rings.